The van der Waals surface area contributed by atoms with Gasteiger partial charge in [0.05, 0.1) is 12.8 Å². The Hall–Kier alpha value is -1.92. The lowest BCUT2D eigenvalue weighted by Crippen LogP contribution is -2.27. The zero-order valence-corrected chi connectivity index (χ0v) is 18.4. The third kappa shape index (κ3) is 5.80. The zero-order chi connectivity index (χ0) is 21.3. The van der Waals surface area contributed by atoms with Gasteiger partial charge in [0, 0.05) is 17.9 Å². The third-order valence-electron chi connectivity index (χ3n) is 5.69. The summed E-state index contributed by atoms with van der Waals surface area (Å²) in [5.74, 6) is 1.62. The first-order chi connectivity index (χ1) is 13.5. The van der Waals surface area contributed by atoms with Crippen LogP contribution in [0.4, 0.5) is 0 Å². The van der Waals surface area contributed by atoms with E-state index in [1.54, 1.807) is 0 Å². The fourth-order valence-corrected chi connectivity index (χ4v) is 4.44. The van der Waals surface area contributed by atoms with Gasteiger partial charge in [-0.25, -0.2) is 0 Å². The summed E-state index contributed by atoms with van der Waals surface area (Å²) in [6.45, 7) is 9.95. The van der Waals surface area contributed by atoms with Gasteiger partial charge in [0.25, 0.3) is 0 Å². The summed E-state index contributed by atoms with van der Waals surface area (Å²) in [7, 11) is 0. The summed E-state index contributed by atoms with van der Waals surface area (Å²) in [5.41, 5.74) is -0.600. The van der Waals surface area contributed by atoms with Gasteiger partial charge in [0.2, 0.25) is 0 Å². The molecule has 1 heterocycles. The van der Waals surface area contributed by atoms with Crippen molar-refractivity contribution in [3.8, 4) is 0 Å². The number of carbonyl (C=O) groups excluding carboxylic acids is 1. The number of carboxylic acids is 1. The number of nitrogens with zero attached hydrogens (tertiary/aromatic N) is 3. The summed E-state index contributed by atoms with van der Waals surface area (Å²) >= 11 is 0. The number of aliphatic carboxylic acids is 1. The van der Waals surface area contributed by atoms with E-state index < -0.39 is 23.5 Å². The first-order valence-electron chi connectivity index (χ1n) is 10.9. The lowest BCUT2D eigenvalue weighted by atomic mass is 9.71. The average Bonchev–Trinajstić information content (AvgIpc) is 3.26. The van der Waals surface area contributed by atoms with Crippen molar-refractivity contribution < 1.29 is 19.4 Å². The number of rotatable bonds is 9. The van der Waals surface area contributed by atoms with Crippen LogP contribution in [0.5, 0.6) is 0 Å². The minimum atomic E-state index is -0.939. The minimum absolute atomic E-state index is 0.00899. The standard InChI is InChI=1S/C22H35N3O4/c1-13(2)8-14-9-15(10-14)20-23-24-21(25(20)17-6-7-17)16(11-18(26)27)12-19(28)29-22(3,4)5/h13-17H,6-12H2,1-5H3,(H,26,27). The van der Waals surface area contributed by atoms with E-state index in [-0.39, 0.29) is 12.8 Å². The molecule has 0 saturated heterocycles. The highest BCUT2D eigenvalue weighted by atomic mass is 16.6. The first kappa shape index (κ1) is 21.8. The first-order valence-corrected chi connectivity index (χ1v) is 10.9. The Kier molecular flexibility index (Phi) is 6.34. The molecule has 1 atom stereocenters. The maximum atomic E-state index is 12.4. The van der Waals surface area contributed by atoms with Crippen LogP contribution in [-0.4, -0.2) is 37.4 Å². The Bertz CT molecular complexity index is 740. The second-order valence-electron chi connectivity index (χ2n) is 10.3. The van der Waals surface area contributed by atoms with Gasteiger partial charge in [-0.3, -0.25) is 9.59 Å². The predicted octanol–water partition coefficient (Wildman–Crippen LogP) is 4.44. The van der Waals surface area contributed by atoms with E-state index in [1.807, 2.05) is 20.8 Å². The molecule has 1 unspecified atom stereocenters. The van der Waals surface area contributed by atoms with Crippen LogP contribution < -0.4 is 0 Å². The molecule has 0 radical (unpaired) electrons. The summed E-state index contributed by atoms with van der Waals surface area (Å²) in [5, 5.41) is 18.3. The molecular formula is C22H35N3O4. The summed E-state index contributed by atoms with van der Waals surface area (Å²) < 4.78 is 7.60. The Balaban J connectivity index is 1.78. The van der Waals surface area contributed by atoms with Crippen LogP contribution in [0.25, 0.3) is 0 Å². The molecule has 2 aliphatic rings. The van der Waals surface area contributed by atoms with Gasteiger partial charge in [0.15, 0.2) is 0 Å². The number of carboxylic acid groups (broad SMARTS) is 1. The molecule has 0 aromatic carbocycles. The van der Waals surface area contributed by atoms with Crippen LogP contribution >= 0.6 is 0 Å². The van der Waals surface area contributed by atoms with Crippen molar-refractivity contribution >= 4 is 11.9 Å². The minimum Gasteiger partial charge on any atom is -0.481 e. The summed E-state index contributed by atoms with van der Waals surface area (Å²) in [6, 6.07) is 0.342. The van der Waals surface area contributed by atoms with Crippen molar-refractivity contribution in [2.24, 2.45) is 11.8 Å². The fourth-order valence-electron chi connectivity index (χ4n) is 4.44. The number of aromatic nitrogens is 3. The summed E-state index contributed by atoms with van der Waals surface area (Å²) in [6.07, 6.45) is 5.47. The normalized spacial score (nSPS) is 23.0. The van der Waals surface area contributed by atoms with E-state index in [4.69, 9.17) is 4.74 Å². The fraction of sp³-hybridized carbons (Fsp3) is 0.818. The summed E-state index contributed by atoms with van der Waals surface area (Å²) in [4.78, 5) is 23.9. The van der Waals surface area contributed by atoms with Gasteiger partial charge in [-0.2, -0.15) is 0 Å². The van der Waals surface area contributed by atoms with Crippen molar-refractivity contribution in [3.05, 3.63) is 11.6 Å². The van der Waals surface area contributed by atoms with E-state index in [9.17, 15) is 14.7 Å². The van der Waals surface area contributed by atoms with E-state index in [1.165, 1.54) is 6.42 Å². The highest BCUT2D eigenvalue weighted by Gasteiger charge is 2.40. The molecule has 0 bridgehead atoms. The van der Waals surface area contributed by atoms with Gasteiger partial charge in [-0.1, -0.05) is 13.8 Å². The molecule has 162 valence electrons. The molecule has 2 aliphatic carbocycles. The molecule has 3 rings (SSSR count). The van der Waals surface area contributed by atoms with Crippen LogP contribution in [0.1, 0.15) is 109 Å². The highest BCUT2D eigenvalue weighted by Crippen LogP contribution is 2.48. The topological polar surface area (TPSA) is 94.3 Å². The SMILES string of the molecule is CC(C)CC1CC(c2nnc(C(CC(=O)O)CC(=O)OC(C)(C)C)n2C2CC2)C1. The molecule has 1 aromatic heterocycles. The average molecular weight is 406 g/mol. The van der Waals surface area contributed by atoms with Crippen LogP contribution in [-0.2, 0) is 14.3 Å². The van der Waals surface area contributed by atoms with E-state index in [2.05, 4.69) is 28.6 Å². The largest absolute Gasteiger partial charge is 0.481 e. The van der Waals surface area contributed by atoms with Crippen molar-refractivity contribution in [1.82, 2.24) is 14.8 Å². The Morgan fingerprint density at radius 3 is 2.34 bits per heavy atom. The highest BCUT2D eigenvalue weighted by molar-refractivity contribution is 5.73. The van der Waals surface area contributed by atoms with Gasteiger partial charge in [-0.05, 0) is 64.7 Å². The number of carbonyl (C=O) groups is 2. The molecule has 0 amide bonds. The quantitative estimate of drug-likeness (QED) is 0.610. The molecule has 0 aliphatic heterocycles. The number of ether oxygens (including phenoxy) is 1. The van der Waals surface area contributed by atoms with Crippen molar-refractivity contribution in [2.45, 2.75) is 103 Å². The molecule has 1 aromatic rings. The smallest absolute Gasteiger partial charge is 0.307 e. The second kappa shape index (κ2) is 8.44. The van der Waals surface area contributed by atoms with Crippen molar-refractivity contribution in [3.63, 3.8) is 0 Å². The zero-order valence-electron chi connectivity index (χ0n) is 18.4. The maximum Gasteiger partial charge on any atom is 0.307 e. The molecule has 2 saturated carbocycles. The molecular weight excluding hydrogens is 370 g/mol. The van der Waals surface area contributed by atoms with Crippen molar-refractivity contribution in [1.29, 1.82) is 0 Å². The third-order valence-corrected chi connectivity index (χ3v) is 5.69. The van der Waals surface area contributed by atoms with E-state index in [0.29, 0.717) is 23.7 Å². The lowest BCUT2D eigenvalue weighted by Gasteiger charge is -2.36. The van der Waals surface area contributed by atoms with Crippen LogP contribution in [0, 0.1) is 11.8 Å². The van der Waals surface area contributed by atoms with E-state index in [0.717, 1.165) is 37.4 Å². The van der Waals surface area contributed by atoms with E-state index >= 15 is 0 Å². The molecule has 2 fully saturated rings. The van der Waals surface area contributed by atoms with Crippen LogP contribution in [0.2, 0.25) is 0 Å². The Morgan fingerprint density at radius 1 is 1.17 bits per heavy atom. The lowest BCUT2D eigenvalue weighted by molar-refractivity contribution is -0.155. The Labute approximate surface area is 173 Å². The second-order valence-corrected chi connectivity index (χ2v) is 10.3. The van der Waals surface area contributed by atoms with Crippen LogP contribution in [0.15, 0.2) is 0 Å². The predicted molar refractivity (Wildman–Crippen MR) is 109 cm³/mol. The van der Waals surface area contributed by atoms with Gasteiger partial charge >= 0.3 is 11.9 Å². The van der Waals surface area contributed by atoms with Gasteiger partial charge < -0.3 is 14.4 Å². The number of esters is 1. The number of hydrogen-bond acceptors (Lipinski definition) is 5. The molecule has 1 N–H and O–H groups in total. The number of hydrogen-bond donors (Lipinski definition) is 1. The van der Waals surface area contributed by atoms with Gasteiger partial charge in [0.1, 0.15) is 17.2 Å². The van der Waals surface area contributed by atoms with Gasteiger partial charge in [-0.15, -0.1) is 10.2 Å². The molecule has 7 nitrogen and oxygen atoms in total. The monoisotopic (exact) mass is 405 g/mol. The maximum absolute atomic E-state index is 12.4. The van der Waals surface area contributed by atoms with Crippen molar-refractivity contribution in [2.75, 3.05) is 0 Å². The Morgan fingerprint density at radius 2 is 1.83 bits per heavy atom. The molecule has 7 heteroatoms. The molecule has 29 heavy (non-hydrogen) atoms. The molecule has 0 spiro atoms. The van der Waals surface area contributed by atoms with Crippen LogP contribution in [0.3, 0.4) is 0 Å².